The third-order valence-corrected chi connectivity index (χ3v) is 6.69. The maximum absolute atomic E-state index is 13.1. The van der Waals surface area contributed by atoms with E-state index in [9.17, 15) is 9.59 Å². The lowest BCUT2D eigenvalue weighted by Gasteiger charge is -2.41. The Balaban J connectivity index is 1.46. The molecule has 25 heavy (non-hydrogen) atoms. The third kappa shape index (κ3) is 4.02. The molecule has 0 bridgehead atoms. The van der Waals surface area contributed by atoms with Gasteiger partial charge < -0.3 is 4.90 Å². The normalized spacial score (nSPS) is 22.8. The Morgan fingerprint density at radius 2 is 1.64 bits per heavy atom. The monoisotopic (exact) mass is 362 g/mol. The van der Waals surface area contributed by atoms with Crippen LogP contribution in [0.5, 0.6) is 0 Å². The number of rotatable bonds is 4. The maximum Gasteiger partial charge on any atom is 0.324 e. The zero-order chi connectivity index (χ0) is 17.2. The Morgan fingerprint density at radius 3 is 2.32 bits per heavy atom. The van der Waals surface area contributed by atoms with Gasteiger partial charge in [-0.1, -0.05) is 30.6 Å². The van der Waals surface area contributed by atoms with Gasteiger partial charge in [0.1, 0.15) is 10.8 Å². The number of urea groups is 1. The van der Waals surface area contributed by atoms with Crippen molar-refractivity contribution in [1.29, 1.82) is 0 Å². The number of hydrogen-bond donors (Lipinski definition) is 1. The number of ketones is 1. The van der Waals surface area contributed by atoms with Gasteiger partial charge in [-0.05, 0) is 38.5 Å². The molecule has 0 spiro atoms. The molecule has 3 aliphatic carbocycles. The van der Waals surface area contributed by atoms with Crippen molar-refractivity contribution in [3.63, 3.8) is 0 Å². The molecule has 1 aromatic heterocycles. The van der Waals surface area contributed by atoms with Crippen LogP contribution in [-0.4, -0.2) is 39.0 Å². The van der Waals surface area contributed by atoms with Crippen molar-refractivity contribution >= 4 is 28.3 Å². The van der Waals surface area contributed by atoms with Crippen molar-refractivity contribution in [2.75, 3.05) is 5.32 Å². The number of Topliss-reactive ketones (excluding diaryl/α,β-unsaturated/α-hetero) is 1. The summed E-state index contributed by atoms with van der Waals surface area (Å²) in [6.45, 7) is 0. The number of amides is 2. The van der Waals surface area contributed by atoms with Crippen LogP contribution in [0.4, 0.5) is 9.93 Å². The smallest absolute Gasteiger partial charge is 0.318 e. The van der Waals surface area contributed by atoms with Crippen LogP contribution in [0.2, 0.25) is 0 Å². The van der Waals surface area contributed by atoms with E-state index in [0.717, 1.165) is 30.7 Å². The second-order valence-electron chi connectivity index (χ2n) is 7.62. The molecular weight excluding hydrogens is 336 g/mol. The molecule has 3 aliphatic rings. The molecule has 6 nitrogen and oxygen atoms in total. The molecule has 1 heterocycles. The highest BCUT2D eigenvalue weighted by Crippen LogP contribution is 2.42. The molecule has 0 saturated heterocycles. The highest BCUT2D eigenvalue weighted by Gasteiger charge is 2.34. The molecule has 1 aromatic rings. The first-order valence-electron chi connectivity index (χ1n) is 9.65. The van der Waals surface area contributed by atoms with Crippen molar-refractivity contribution in [3.8, 4) is 0 Å². The Bertz CT molecular complexity index is 627. The van der Waals surface area contributed by atoms with Gasteiger partial charge >= 0.3 is 6.03 Å². The molecule has 3 saturated carbocycles. The maximum atomic E-state index is 13.1. The molecule has 0 aliphatic heterocycles. The van der Waals surface area contributed by atoms with Crippen LogP contribution in [0.25, 0.3) is 0 Å². The molecular formula is C18H26N4O2S. The van der Waals surface area contributed by atoms with E-state index in [4.69, 9.17) is 0 Å². The summed E-state index contributed by atoms with van der Waals surface area (Å²) in [5, 5.41) is 13.0. The second kappa shape index (κ2) is 7.40. The zero-order valence-electron chi connectivity index (χ0n) is 14.6. The van der Waals surface area contributed by atoms with Crippen LogP contribution in [-0.2, 0) is 4.79 Å². The Morgan fingerprint density at radius 1 is 0.960 bits per heavy atom. The summed E-state index contributed by atoms with van der Waals surface area (Å²) < 4.78 is 0. The first-order valence-corrected chi connectivity index (χ1v) is 10.5. The molecule has 136 valence electrons. The summed E-state index contributed by atoms with van der Waals surface area (Å²) in [5.74, 6) is 0.889. The van der Waals surface area contributed by atoms with Crippen molar-refractivity contribution in [2.45, 2.75) is 88.6 Å². The van der Waals surface area contributed by atoms with Gasteiger partial charge in [-0.3, -0.25) is 10.1 Å². The number of anilines is 1. The lowest BCUT2D eigenvalue weighted by atomic mass is 9.88. The van der Waals surface area contributed by atoms with E-state index in [0.29, 0.717) is 35.7 Å². The van der Waals surface area contributed by atoms with Gasteiger partial charge in [0, 0.05) is 30.8 Å². The van der Waals surface area contributed by atoms with Crippen molar-refractivity contribution < 1.29 is 9.59 Å². The Labute approximate surface area is 152 Å². The quantitative estimate of drug-likeness (QED) is 0.875. The van der Waals surface area contributed by atoms with E-state index in [-0.39, 0.29) is 12.1 Å². The molecule has 0 aromatic carbocycles. The van der Waals surface area contributed by atoms with Gasteiger partial charge in [0.05, 0.1) is 0 Å². The predicted octanol–water partition coefficient (Wildman–Crippen LogP) is 4.09. The summed E-state index contributed by atoms with van der Waals surface area (Å²) in [4.78, 5) is 26.7. The summed E-state index contributed by atoms with van der Waals surface area (Å²) in [5.41, 5.74) is 0. The third-order valence-electron chi connectivity index (χ3n) is 5.69. The summed E-state index contributed by atoms with van der Waals surface area (Å²) in [6.07, 6.45) is 10.9. The Hall–Kier alpha value is -1.50. The molecule has 7 heteroatoms. The van der Waals surface area contributed by atoms with Gasteiger partial charge in [-0.2, -0.15) is 0 Å². The van der Waals surface area contributed by atoms with Crippen molar-refractivity contribution in [2.24, 2.45) is 0 Å². The van der Waals surface area contributed by atoms with Crippen molar-refractivity contribution in [3.05, 3.63) is 5.01 Å². The van der Waals surface area contributed by atoms with Crippen LogP contribution in [0.1, 0.15) is 81.6 Å². The second-order valence-corrected chi connectivity index (χ2v) is 8.63. The lowest BCUT2D eigenvalue weighted by molar-refractivity contribution is -0.121. The highest BCUT2D eigenvalue weighted by atomic mass is 32.1. The fourth-order valence-corrected chi connectivity index (χ4v) is 5.03. The van der Waals surface area contributed by atoms with Crippen LogP contribution in [0.3, 0.4) is 0 Å². The lowest BCUT2D eigenvalue weighted by Crippen LogP contribution is -2.51. The zero-order valence-corrected chi connectivity index (χ0v) is 15.4. The number of carbonyl (C=O) groups excluding carboxylic acids is 2. The summed E-state index contributed by atoms with van der Waals surface area (Å²) in [7, 11) is 0. The standard InChI is InChI=1S/C18H26N4O2S/c23-15-10-8-14(9-11-15)22(13-4-2-1-3-5-13)18(24)19-17-21-20-16(25-17)12-6-7-12/h12-14H,1-11H2,(H,19,21,24). The molecule has 1 N–H and O–H groups in total. The summed E-state index contributed by atoms with van der Waals surface area (Å²) >= 11 is 1.51. The van der Waals surface area contributed by atoms with Gasteiger partial charge in [0.2, 0.25) is 5.13 Å². The minimum absolute atomic E-state index is 0.0512. The van der Waals surface area contributed by atoms with Gasteiger partial charge in [-0.25, -0.2) is 4.79 Å². The SMILES string of the molecule is O=C1CCC(N(C(=O)Nc2nnc(C3CC3)s2)C2CCCCC2)CC1. The molecule has 0 radical (unpaired) electrons. The number of carbonyl (C=O) groups is 2. The molecule has 4 rings (SSSR count). The van der Waals surface area contributed by atoms with E-state index >= 15 is 0 Å². The molecule has 0 unspecified atom stereocenters. The van der Waals surface area contributed by atoms with E-state index in [2.05, 4.69) is 15.5 Å². The average Bonchev–Trinajstić information content (AvgIpc) is 3.38. The van der Waals surface area contributed by atoms with Crippen LogP contribution < -0.4 is 5.32 Å². The molecule has 0 atom stereocenters. The van der Waals surface area contributed by atoms with Gasteiger partial charge in [0.25, 0.3) is 0 Å². The molecule has 2 amide bonds. The van der Waals surface area contributed by atoms with E-state index in [1.807, 2.05) is 4.90 Å². The number of aromatic nitrogens is 2. The highest BCUT2D eigenvalue weighted by molar-refractivity contribution is 7.15. The minimum Gasteiger partial charge on any atom is -0.318 e. The number of hydrogen-bond acceptors (Lipinski definition) is 5. The number of nitrogens with zero attached hydrogens (tertiary/aromatic N) is 3. The van der Waals surface area contributed by atoms with Crippen LogP contribution in [0, 0.1) is 0 Å². The van der Waals surface area contributed by atoms with E-state index in [1.165, 1.54) is 43.4 Å². The largest absolute Gasteiger partial charge is 0.324 e. The van der Waals surface area contributed by atoms with Gasteiger partial charge in [-0.15, -0.1) is 10.2 Å². The van der Waals surface area contributed by atoms with Crippen LogP contribution >= 0.6 is 11.3 Å². The topological polar surface area (TPSA) is 75.2 Å². The minimum atomic E-state index is -0.0512. The Kier molecular flexibility index (Phi) is 5.01. The first-order chi connectivity index (χ1) is 12.2. The molecule has 3 fully saturated rings. The van der Waals surface area contributed by atoms with Gasteiger partial charge in [0.15, 0.2) is 0 Å². The average molecular weight is 362 g/mol. The van der Waals surface area contributed by atoms with Crippen LogP contribution in [0.15, 0.2) is 0 Å². The van der Waals surface area contributed by atoms with E-state index < -0.39 is 0 Å². The summed E-state index contributed by atoms with van der Waals surface area (Å²) in [6, 6.07) is 0.421. The fraction of sp³-hybridized carbons (Fsp3) is 0.778. The van der Waals surface area contributed by atoms with Crippen molar-refractivity contribution in [1.82, 2.24) is 15.1 Å². The predicted molar refractivity (Wildman–Crippen MR) is 96.9 cm³/mol. The van der Waals surface area contributed by atoms with E-state index in [1.54, 1.807) is 0 Å². The first kappa shape index (κ1) is 16.9. The fourth-order valence-electron chi connectivity index (χ4n) is 4.13. The number of nitrogens with one attached hydrogen (secondary N) is 1.